The summed E-state index contributed by atoms with van der Waals surface area (Å²) in [6.07, 6.45) is 0.179. The van der Waals surface area contributed by atoms with Crippen LogP contribution in [0.5, 0.6) is 0 Å². The average molecular weight is 316 g/mol. The Hall–Kier alpha value is -0.910. The monoisotopic (exact) mass is 315 g/mol. The molecule has 0 aliphatic rings. The molecule has 1 N–H and O–H groups in total. The standard InChI is InChI=1S/C13H18BrNO3/c1-9(17-2)7-15-8-11-5-4-10(6-12(11)14)13(16)18-3/h4-6,9,15H,7-8H2,1-3H3. The van der Waals surface area contributed by atoms with Crippen LogP contribution in [-0.2, 0) is 16.0 Å². The first-order valence-electron chi connectivity index (χ1n) is 5.68. The predicted octanol–water partition coefficient (Wildman–Crippen LogP) is 2.36. The second kappa shape index (κ2) is 7.51. The Morgan fingerprint density at radius 1 is 1.44 bits per heavy atom. The van der Waals surface area contributed by atoms with Crippen molar-refractivity contribution in [2.45, 2.75) is 19.6 Å². The number of halogens is 1. The van der Waals surface area contributed by atoms with Gasteiger partial charge in [0.1, 0.15) is 0 Å². The molecule has 0 heterocycles. The molecule has 1 atom stereocenters. The topological polar surface area (TPSA) is 47.6 Å². The summed E-state index contributed by atoms with van der Waals surface area (Å²) in [4.78, 5) is 11.3. The number of methoxy groups -OCH3 is 2. The number of nitrogens with one attached hydrogen (secondary N) is 1. The molecule has 1 aromatic rings. The Morgan fingerprint density at radius 3 is 2.72 bits per heavy atom. The Morgan fingerprint density at radius 2 is 2.17 bits per heavy atom. The maximum atomic E-state index is 11.3. The fourth-order valence-corrected chi connectivity index (χ4v) is 1.95. The highest BCUT2D eigenvalue weighted by Gasteiger charge is 2.08. The predicted molar refractivity (Wildman–Crippen MR) is 73.7 cm³/mol. The number of carbonyl (C=O) groups excluding carboxylic acids is 1. The Balaban J connectivity index is 2.60. The van der Waals surface area contributed by atoms with E-state index in [1.807, 2.05) is 13.0 Å². The molecular weight excluding hydrogens is 298 g/mol. The van der Waals surface area contributed by atoms with E-state index in [1.54, 1.807) is 19.2 Å². The van der Waals surface area contributed by atoms with Gasteiger partial charge in [0.25, 0.3) is 0 Å². The molecule has 5 heteroatoms. The van der Waals surface area contributed by atoms with Crippen LogP contribution in [0, 0.1) is 0 Å². The highest BCUT2D eigenvalue weighted by molar-refractivity contribution is 9.10. The van der Waals surface area contributed by atoms with Crippen molar-refractivity contribution >= 4 is 21.9 Å². The van der Waals surface area contributed by atoms with Crippen molar-refractivity contribution in [2.75, 3.05) is 20.8 Å². The van der Waals surface area contributed by atoms with Gasteiger partial charge in [0.15, 0.2) is 0 Å². The molecule has 18 heavy (non-hydrogen) atoms. The summed E-state index contributed by atoms with van der Waals surface area (Å²) < 4.78 is 10.7. The first-order valence-corrected chi connectivity index (χ1v) is 6.48. The van der Waals surface area contributed by atoms with Gasteiger partial charge in [-0.15, -0.1) is 0 Å². The fraction of sp³-hybridized carbons (Fsp3) is 0.462. The highest BCUT2D eigenvalue weighted by Crippen LogP contribution is 2.19. The third-order valence-electron chi connectivity index (χ3n) is 2.62. The molecule has 1 aromatic carbocycles. The number of benzene rings is 1. The normalized spacial score (nSPS) is 12.2. The van der Waals surface area contributed by atoms with Gasteiger partial charge in [-0.3, -0.25) is 0 Å². The van der Waals surface area contributed by atoms with Gasteiger partial charge in [-0.2, -0.15) is 0 Å². The van der Waals surface area contributed by atoms with Crippen LogP contribution in [0.15, 0.2) is 22.7 Å². The molecule has 1 rings (SSSR count). The van der Waals surface area contributed by atoms with Gasteiger partial charge < -0.3 is 14.8 Å². The van der Waals surface area contributed by atoms with Crippen LogP contribution in [-0.4, -0.2) is 32.8 Å². The van der Waals surface area contributed by atoms with Crippen molar-refractivity contribution in [2.24, 2.45) is 0 Å². The van der Waals surface area contributed by atoms with Crippen molar-refractivity contribution in [1.82, 2.24) is 5.32 Å². The summed E-state index contributed by atoms with van der Waals surface area (Å²) in [5.74, 6) is -0.330. The molecule has 0 aromatic heterocycles. The summed E-state index contributed by atoms with van der Waals surface area (Å²) in [6.45, 7) is 3.50. The van der Waals surface area contributed by atoms with Crippen LogP contribution < -0.4 is 5.32 Å². The minimum absolute atomic E-state index is 0.179. The Bertz CT molecular complexity index is 409. The lowest BCUT2D eigenvalue weighted by Crippen LogP contribution is -2.25. The first-order chi connectivity index (χ1) is 8.58. The van der Waals surface area contributed by atoms with E-state index in [0.717, 1.165) is 23.1 Å². The summed E-state index contributed by atoms with van der Waals surface area (Å²) in [5.41, 5.74) is 1.63. The van der Waals surface area contributed by atoms with E-state index in [9.17, 15) is 4.79 Å². The molecule has 0 saturated carbocycles. The molecule has 100 valence electrons. The second-order valence-corrected chi connectivity index (χ2v) is 4.83. The Labute approximate surface area is 116 Å². The second-order valence-electron chi connectivity index (χ2n) is 3.97. The summed E-state index contributed by atoms with van der Waals surface area (Å²) in [7, 11) is 3.06. The molecule has 0 amide bonds. The van der Waals surface area contributed by atoms with Gasteiger partial charge >= 0.3 is 5.97 Å². The zero-order chi connectivity index (χ0) is 13.5. The SMILES string of the molecule is COC(=O)c1ccc(CNCC(C)OC)c(Br)c1. The van der Waals surface area contributed by atoms with Crippen molar-refractivity contribution < 1.29 is 14.3 Å². The van der Waals surface area contributed by atoms with E-state index in [-0.39, 0.29) is 12.1 Å². The van der Waals surface area contributed by atoms with Crippen LogP contribution in [0.2, 0.25) is 0 Å². The summed E-state index contributed by atoms with van der Waals surface area (Å²) in [5, 5.41) is 3.28. The minimum atomic E-state index is -0.330. The number of hydrogen-bond donors (Lipinski definition) is 1. The van der Waals surface area contributed by atoms with Crippen LogP contribution >= 0.6 is 15.9 Å². The summed E-state index contributed by atoms with van der Waals surface area (Å²) >= 11 is 3.45. The van der Waals surface area contributed by atoms with E-state index >= 15 is 0 Å². The van der Waals surface area contributed by atoms with Crippen LogP contribution in [0.3, 0.4) is 0 Å². The zero-order valence-electron chi connectivity index (χ0n) is 10.8. The molecule has 0 spiro atoms. The third kappa shape index (κ3) is 4.40. The van der Waals surface area contributed by atoms with Gasteiger partial charge in [-0.05, 0) is 24.6 Å². The molecule has 4 nitrogen and oxygen atoms in total. The smallest absolute Gasteiger partial charge is 0.337 e. The lowest BCUT2D eigenvalue weighted by Gasteiger charge is -2.12. The van der Waals surface area contributed by atoms with Crippen molar-refractivity contribution in [3.63, 3.8) is 0 Å². The quantitative estimate of drug-likeness (QED) is 0.819. The summed E-state index contributed by atoms with van der Waals surface area (Å²) in [6, 6.07) is 5.43. The van der Waals surface area contributed by atoms with Gasteiger partial charge in [0, 0.05) is 24.7 Å². The van der Waals surface area contributed by atoms with Crippen molar-refractivity contribution in [3.8, 4) is 0 Å². The number of carbonyl (C=O) groups is 1. The molecule has 0 aliphatic carbocycles. The van der Waals surface area contributed by atoms with Crippen LogP contribution in [0.25, 0.3) is 0 Å². The molecular formula is C13H18BrNO3. The molecule has 0 fully saturated rings. The van der Waals surface area contributed by atoms with Gasteiger partial charge in [-0.1, -0.05) is 22.0 Å². The fourth-order valence-electron chi connectivity index (χ4n) is 1.43. The molecule has 0 radical (unpaired) electrons. The van der Waals surface area contributed by atoms with Crippen LogP contribution in [0.4, 0.5) is 0 Å². The average Bonchev–Trinajstić information content (AvgIpc) is 2.39. The largest absolute Gasteiger partial charge is 0.465 e. The third-order valence-corrected chi connectivity index (χ3v) is 3.36. The van der Waals surface area contributed by atoms with E-state index in [2.05, 4.69) is 26.0 Å². The highest BCUT2D eigenvalue weighted by atomic mass is 79.9. The zero-order valence-corrected chi connectivity index (χ0v) is 12.4. The number of hydrogen-bond acceptors (Lipinski definition) is 4. The maximum absolute atomic E-state index is 11.3. The van der Waals surface area contributed by atoms with Crippen molar-refractivity contribution in [1.29, 1.82) is 0 Å². The molecule has 1 unspecified atom stereocenters. The minimum Gasteiger partial charge on any atom is -0.465 e. The lowest BCUT2D eigenvalue weighted by molar-refractivity contribution is 0.0600. The molecule has 0 saturated heterocycles. The van der Waals surface area contributed by atoms with Crippen molar-refractivity contribution in [3.05, 3.63) is 33.8 Å². The molecule has 0 bridgehead atoms. The molecule has 0 aliphatic heterocycles. The first kappa shape index (κ1) is 15.1. The van der Waals surface area contributed by atoms with E-state index in [0.29, 0.717) is 5.56 Å². The van der Waals surface area contributed by atoms with E-state index in [1.165, 1.54) is 7.11 Å². The van der Waals surface area contributed by atoms with Gasteiger partial charge in [-0.25, -0.2) is 4.79 Å². The number of ether oxygens (including phenoxy) is 2. The number of esters is 1. The maximum Gasteiger partial charge on any atom is 0.337 e. The Kier molecular flexibility index (Phi) is 6.32. The van der Waals surface area contributed by atoms with E-state index in [4.69, 9.17) is 4.74 Å². The number of rotatable bonds is 6. The van der Waals surface area contributed by atoms with Gasteiger partial charge in [0.2, 0.25) is 0 Å². The van der Waals surface area contributed by atoms with E-state index < -0.39 is 0 Å². The van der Waals surface area contributed by atoms with Gasteiger partial charge in [0.05, 0.1) is 18.8 Å². The van der Waals surface area contributed by atoms with Crippen LogP contribution in [0.1, 0.15) is 22.8 Å². The lowest BCUT2D eigenvalue weighted by atomic mass is 10.1.